The molecule has 0 aliphatic heterocycles. The highest BCUT2D eigenvalue weighted by Crippen LogP contribution is 2.11. The molecule has 0 saturated heterocycles. The average molecular weight is 292 g/mol. The maximum Gasteiger partial charge on any atom is 0.220 e. The molecule has 20 heavy (non-hydrogen) atoms. The average Bonchev–Trinajstić information content (AvgIpc) is 2.82. The van der Waals surface area contributed by atoms with Crippen LogP contribution in [0.5, 0.6) is 0 Å². The van der Waals surface area contributed by atoms with E-state index in [4.69, 9.17) is 0 Å². The molecule has 0 radical (unpaired) electrons. The van der Waals surface area contributed by atoms with Crippen LogP contribution in [0.15, 0.2) is 30.5 Å². The molecule has 1 aromatic heterocycles. The Morgan fingerprint density at radius 1 is 1.40 bits per heavy atom. The van der Waals surface area contributed by atoms with Crippen molar-refractivity contribution in [1.82, 2.24) is 10.3 Å². The van der Waals surface area contributed by atoms with Crippen molar-refractivity contribution in [2.75, 3.05) is 6.54 Å². The van der Waals surface area contributed by atoms with Crippen LogP contribution in [0.4, 0.5) is 4.39 Å². The zero-order chi connectivity index (χ0) is 14.4. The number of carbonyl (C=O) groups is 1. The number of thiazole rings is 1. The smallest absolute Gasteiger partial charge is 0.220 e. The molecule has 2 aromatic rings. The number of aryl methyl sites for hydroxylation is 2. The third-order valence-electron chi connectivity index (χ3n) is 2.89. The number of benzene rings is 1. The summed E-state index contributed by atoms with van der Waals surface area (Å²) in [6.07, 6.45) is 3.59. The van der Waals surface area contributed by atoms with Crippen LogP contribution in [0.3, 0.4) is 0 Å². The van der Waals surface area contributed by atoms with Crippen molar-refractivity contribution in [1.29, 1.82) is 0 Å². The topological polar surface area (TPSA) is 42.0 Å². The van der Waals surface area contributed by atoms with Gasteiger partial charge in [-0.05, 0) is 31.0 Å². The lowest BCUT2D eigenvalue weighted by Gasteiger charge is -2.04. The Balaban J connectivity index is 1.68. The molecule has 0 aliphatic rings. The molecule has 0 bridgehead atoms. The van der Waals surface area contributed by atoms with E-state index >= 15 is 0 Å². The fraction of sp³-hybridized carbons (Fsp3) is 0.333. The summed E-state index contributed by atoms with van der Waals surface area (Å²) in [6, 6.07) is 6.36. The SMILES string of the molecule is Cc1ncc(CCNC(=O)CCc2cccc(F)c2)s1. The molecule has 5 heteroatoms. The van der Waals surface area contributed by atoms with Crippen LogP contribution in [0.25, 0.3) is 0 Å². The number of aromatic nitrogens is 1. The van der Waals surface area contributed by atoms with Gasteiger partial charge in [-0.25, -0.2) is 9.37 Å². The molecule has 0 unspecified atom stereocenters. The summed E-state index contributed by atoms with van der Waals surface area (Å²) >= 11 is 1.65. The lowest BCUT2D eigenvalue weighted by atomic mass is 10.1. The lowest BCUT2D eigenvalue weighted by Crippen LogP contribution is -2.25. The van der Waals surface area contributed by atoms with Crippen molar-refractivity contribution >= 4 is 17.2 Å². The van der Waals surface area contributed by atoms with E-state index in [1.807, 2.05) is 19.2 Å². The van der Waals surface area contributed by atoms with Crippen LogP contribution in [-0.2, 0) is 17.6 Å². The third-order valence-corrected chi connectivity index (χ3v) is 3.87. The van der Waals surface area contributed by atoms with Gasteiger partial charge in [0.2, 0.25) is 5.91 Å². The Labute approximate surface area is 121 Å². The Kier molecular flexibility index (Phi) is 5.24. The van der Waals surface area contributed by atoms with E-state index in [1.54, 1.807) is 17.4 Å². The maximum atomic E-state index is 13.0. The number of carbonyl (C=O) groups excluding carboxylic acids is 1. The Hall–Kier alpha value is -1.75. The van der Waals surface area contributed by atoms with Crippen molar-refractivity contribution in [3.05, 3.63) is 51.7 Å². The van der Waals surface area contributed by atoms with Crippen molar-refractivity contribution in [3.8, 4) is 0 Å². The third kappa shape index (κ3) is 4.74. The van der Waals surface area contributed by atoms with Crippen molar-refractivity contribution in [2.45, 2.75) is 26.2 Å². The molecule has 106 valence electrons. The van der Waals surface area contributed by atoms with Crippen molar-refractivity contribution < 1.29 is 9.18 Å². The van der Waals surface area contributed by atoms with Crippen molar-refractivity contribution in [2.24, 2.45) is 0 Å². The summed E-state index contributed by atoms with van der Waals surface area (Å²) in [7, 11) is 0. The van der Waals surface area contributed by atoms with Crippen LogP contribution in [0, 0.1) is 12.7 Å². The first kappa shape index (κ1) is 14.7. The minimum atomic E-state index is -0.261. The summed E-state index contributed by atoms with van der Waals surface area (Å²) < 4.78 is 13.0. The summed E-state index contributed by atoms with van der Waals surface area (Å²) in [5, 5.41) is 3.91. The normalized spacial score (nSPS) is 10.5. The van der Waals surface area contributed by atoms with Gasteiger partial charge in [0, 0.05) is 30.5 Å². The highest BCUT2D eigenvalue weighted by atomic mass is 32.1. The number of nitrogens with zero attached hydrogens (tertiary/aromatic N) is 1. The number of halogens is 1. The van der Waals surface area contributed by atoms with Gasteiger partial charge in [0.1, 0.15) is 5.82 Å². The lowest BCUT2D eigenvalue weighted by molar-refractivity contribution is -0.121. The molecular weight excluding hydrogens is 275 g/mol. The monoisotopic (exact) mass is 292 g/mol. The van der Waals surface area contributed by atoms with Gasteiger partial charge < -0.3 is 5.32 Å². The Morgan fingerprint density at radius 2 is 2.25 bits per heavy atom. The first-order chi connectivity index (χ1) is 9.63. The van der Waals surface area contributed by atoms with E-state index in [1.165, 1.54) is 17.0 Å². The van der Waals surface area contributed by atoms with Gasteiger partial charge in [-0.15, -0.1) is 11.3 Å². The van der Waals surface area contributed by atoms with Crippen molar-refractivity contribution in [3.63, 3.8) is 0 Å². The van der Waals surface area contributed by atoms with Gasteiger partial charge in [0.15, 0.2) is 0 Å². The van der Waals surface area contributed by atoms with Crippen LogP contribution in [0.1, 0.15) is 21.9 Å². The standard InChI is InChI=1S/C15H17FN2OS/c1-11-18-10-14(20-11)7-8-17-15(19)6-5-12-3-2-4-13(16)9-12/h2-4,9-10H,5-8H2,1H3,(H,17,19). The second kappa shape index (κ2) is 7.14. The molecule has 1 amide bonds. The van der Waals surface area contributed by atoms with Gasteiger partial charge in [0.25, 0.3) is 0 Å². The van der Waals surface area contributed by atoms with Gasteiger partial charge in [-0.1, -0.05) is 12.1 Å². The maximum absolute atomic E-state index is 13.0. The molecular formula is C15H17FN2OS. The van der Waals surface area contributed by atoms with Crippen LogP contribution < -0.4 is 5.32 Å². The van der Waals surface area contributed by atoms with E-state index in [0.29, 0.717) is 19.4 Å². The number of hydrogen-bond acceptors (Lipinski definition) is 3. The van der Waals surface area contributed by atoms with Crippen LogP contribution in [0.2, 0.25) is 0 Å². The van der Waals surface area contributed by atoms with Crippen LogP contribution >= 0.6 is 11.3 Å². The van der Waals surface area contributed by atoms with Gasteiger partial charge in [-0.2, -0.15) is 0 Å². The Morgan fingerprint density at radius 3 is 2.95 bits per heavy atom. The van der Waals surface area contributed by atoms with E-state index in [2.05, 4.69) is 10.3 Å². The number of rotatable bonds is 6. The number of nitrogens with one attached hydrogen (secondary N) is 1. The van der Waals surface area contributed by atoms with Gasteiger partial charge >= 0.3 is 0 Å². The summed E-state index contributed by atoms with van der Waals surface area (Å²) in [6.45, 7) is 2.58. The van der Waals surface area contributed by atoms with E-state index in [0.717, 1.165) is 17.0 Å². The van der Waals surface area contributed by atoms with Gasteiger partial charge in [0.05, 0.1) is 5.01 Å². The molecule has 0 fully saturated rings. The molecule has 1 heterocycles. The summed E-state index contributed by atoms with van der Waals surface area (Å²) in [5.41, 5.74) is 0.846. The Bertz CT molecular complexity index is 583. The van der Waals surface area contributed by atoms with Gasteiger partial charge in [-0.3, -0.25) is 4.79 Å². The summed E-state index contributed by atoms with van der Waals surface area (Å²) in [4.78, 5) is 17.0. The molecule has 0 saturated carbocycles. The second-order valence-electron chi connectivity index (χ2n) is 4.58. The molecule has 0 spiro atoms. The first-order valence-corrected chi connectivity index (χ1v) is 7.37. The number of amides is 1. The molecule has 1 N–H and O–H groups in total. The quantitative estimate of drug-likeness (QED) is 0.889. The fourth-order valence-corrected chi connectivity index (χ4v) is 2.68. The second-order valence-corrected chi connectivity index (χ2v) is 5.89. The minimum absolute atomic E-state index is 0.00417. The molecule has 2 rings (SSSR count). The highest BCUT2D eigenvalue weighted by Gasteiger charge is 2.04. The zero-order valence-electron chi connectivity index (χ0n) is 11.4. The molecule has 3 nitrogen and oxygen atoms in total. The highest BCUT2D eigenvalue weighted by molar-refractivity contribution is 7.11. The fourth-order valence-electron chi connectivity index (χ4n) is 1.88. The first-order valence-electron chi connectivity index (χ1n) is 6.56. The van der Waals surface area contributed by atoms with Crippen LogP contribution in [-0.4, -0.2) is 17.4 Å². The number of hydrogen-bond donors (Lipinski definition) is 1. The van der Waals surface area contributed by atoms with E-state index in [-0.39, 0.29) is 11.7 Å². The predicted molar refractivity (Wildman–Crippen MR) is 78.3 cm³/mol. The zero-order valence-corrected chi connectivity index (χ0v) is 12.2. The molecule has 0 atom stereocenters. The molecule has 1 aromatic carbocycles. The molecule has 0 aliphatic carbocycles. The van der Waals surface area contributed by atoms with E-state index < -0.39 is 0 Å². The largest absolute Gasteiger partial charge is 0.356 e. The minimum Gasteiger partial charge on any atom is -0.356 e. The van der Waals surface area contributed by atoms with E-state index in [9.17, 15) is 9.18 Å². The predicted octanol–water partition coefficient (Wildman–Crippen LogP) is 2.88. The summed E-state index contributed by atoms with van der Waals surface area (Å²) in [5.74, 6) is -0.265.